The van der Waals surface area contributed by atoms with Crippen molar-refractivity contribution in [3.8, 4) is 0 Å². The van der Waals surface area contributed by atoms with Gasteiger partial charge >= 0.3 is 5.97 Å². The average Bonchev–Trinajstić information content (AvgIpc) is 2.70. The first-order chi connectivity index (χ1) is 8.58. The SMILES string of the molecule is O=C(O)C1CC(=O)N(CCc2ccccc2F)C1. The molecule has 0 bridgehead atoms. The van der Waals surface area contributed by atoms with E-state index in [2.05, 4.69) is 0 Å². The number of amides is 1. The number of benzene rings is 1. The molecule has 0 saturated carbocycles. The molecule has 1 aliphatic heterocycles. The fourth-order valence-electron chi connectivity index (χ4n) is 2.11. The molecule has 1 amide bonds. The number of carboxylic acid groups (broad SMARTS) is 1. The fraction of sp³-hybridized carbons (Fsp3) is 0.385. The first kappa shape index (κ1) is 12.5. The number of hydrogen-bond donors (Lipinski definition) is 1. The van der Waals surface area contributed by atoms with Crippen LogP contribution in [0.15, 0.2) is 24.3 Å². The van der Waals surface area contributed by atoms with E-state index < -0.39 is 11.9 Å². The molecule has 1 aliphatic rings. The number of hydrogen-bond acceptors (Lipinski definition) is 2. The van der Waals surface area contributed by atoms with Crippen molar-refractivity contribution >= 4 is 11.9 Å². The Hall–Kier alpha value is -1.91. The van der Waals surface area contributed by atoms with Crippen LogP contribution in [0.2, 0.25) is 0 Å². The summed E-state index contributed by atoms with van der Waals surface area (Å²) in [4.78, 5) is 23.8. The molecule has 0 spiro atoms. The summed E-state index contributed by atoms with van der Waals surface area (Å²) in [5, 5.41) is 8.84. The van der Waals surface area contributed by atoms with Crippen molar-refractivity contribution in [1.29, 1.82) is 0 Å². The van der Waals surface area contributed by atoms with Crippen LogP contribution < -0.4 is 0 Å². The molecule has 1 aromatic carbocycles. The second kappa shape index (κ2) is 5.16. The number of rotatable bonds is 4. The highest BCUT2D eigenvalue weighted by Gasteiger charge is 2.33. The number of carbonyl (C=O) groups is 2. The molecule has 0 radical (unpaired) electrons. The van der Waals surface area contributed by atoms with Gasteiger partial charge in [-0.05, 0) is 18.1 Å². The Balaban J connectivity index is 1.93. The number of nitrogens with zero attached hydrogens (tertiary/aromatic N) is 1. The molecule has 4 nitrogen and oxygen atoms in total. The number of carboxylic acids is 1. The Bertz CT molecular complexity index is 475. The minimum atomic E-state index is -0.947. The van der Waals surface area contributed by atoms with E-state index in [1.807, 2.05) is 0 Å². The molecule has 1 saturated heterocycles. The van der Waals surface area contributed by atoms with Gasteiger partial charge in [0.2, 0.25) is 5.91 Å². The predicted octanol–water partition coefficient (Wildman–Crippen LogP) is 1.30. The van der Waals surface area contributed by atoms with Gasteiger partial charge in [0.1, 0.15) is 5.82 Å². The highest BCUT2D eigenvalue weighted by Crippen LogP contribution is 2.18. The van der Waals surface area contributed by atoms with Gasteiger partial charge in [0.05, 0.1) is 5.92 Å². The van der Waals surface area contributed by atoms with Crippen LogP contribution in [0, 0.1) is 11.7 Å². The number of aliphatic carboxylic acids is 1. The van der Waals surface area contributed by atoms with E-state index in [4.69, 9.17) is 5.11 Å². The van der Waals surface area contributed by atoms with Gasteiger partial charge in [-0.25, -0.2) is 4.39 Å². The molecule has 18 heavy (non-hydrogen) atoms. The van der Waals surface area contributed by atoms with Crippen molar-refractivity contribution in [3.05, 3.63) is 35.6 Å². The average molecular weight is 251 g/mol. The van der Waals surface area contributed by atoms with Gasteiger partial charge < -0.3 is 10.0 Å². The summed E-state index contributed by atoms with van der Waals surface area (Å²) in [6.45, 7) is 0.589. The van der Waals surface area contributed by atoms with Crippen LogP contribution in [0.25, 0.3) is 0 Å². The number of carbonyl (C=O) groups excluding carboxylic acids is 1. The molecule has 96 valence electrons. The van der Waals surface area contributed by atoms with Gasteiger partial charge in [0, 0.05) is 19.5 Å². The third-order valence-electron chi connectivity index (χ3n) is 3.17. The molecule has 1 unspecified atom stereocenters. The molecule has 1 aromatic rings. The molecular weight excluding hydrogens is 237 g/mol. The zero-order chi connectivity index (χ0) is 13.1. The van der Waals surface area contributed by atoms with E-state index in [-0.39, 0.29) is 24.7 Å². The Kier molecular flexibility index (Phi) is 3.60. The number of halogens is 1. The molecular formula is C13H14FNO3. The van der Waals surface area contributed by atoms with E-state index in [1.54, 1.807) is 18.2 Å². The lowest BCUT2D eigenvalue weighted by atomic mass is 10.1. The largest absolute Gasteiger partial charge is 0.481 e. The third-order valence-corrected chi connectivity index (χ3v) is 3.17. The molecule has 1 heterocycles. The zero-order valence-corrected chi connectivity index (χ0v) is 9.80. The summed E-state index contributed by atoms with van der Waals surface area (Å²) in [5.74, 6) is -2.03. The van der Waals surface area contributed by atoms with E-state index in [0.717, 1.165) is 0 Å². The van der Waals surface area contributed by atoms with Crippen LogP contribution in [0.3, 0.4) is 0 Å². The van der Waals surface area contributed by atoms with Gasteiger partial charge in [-0.2, -0.15) is 0 Å². The lowest BCUT2D eigenvalue weighted by Crippen LogP contribution is -2.28. The van der Waals surface area contributed by atoms with E-state index in [9.17, 15) is 14.0 Å². The van der Waals surface area contributed by atoms with Crippen molar-refractivity contribution in [2.75, 3.05) is 13.1 Å². The van der Waals surface area contributed by atoms with E-state index >= 15 is 0 Å². The van der Waals surface area contributed by atoms with Gasteiger partial charge in [-0.3, -0.25) is 9.59 Å². The second-order valence-electron chi connectivity index (χ2n) is 4.42. The first-order valence-electron chi connectivity index (χ1n) is 5.82. The van der Waals surface area contributed by atoms with Crippen LogP contribution in [0.1, 0.15) is 12.0 Å². The zero-order valence-electron chi connectivity index (χ0n) is 9.80. The van der Waals surface area contributed by atoms with Crippen LogP contribution in [0.5, 0.6) is 0 Å². The van der Waals surface area contributed by atoms with Gasteiger partial charge in [-0.1, -0.05) is 18.2 Å². The molecule has 5 heteroatoms. The molecule has 1 fully saturated rings. The second-order valence-corrected chi connectivity index (χ2v) is 4.42. The lowest BCUT2D eigenvalue weighted by molar-refractivity contribution is -0.141. The summed E-state index contributed by atoms with van der Waals surface area (Å²) < 4.78 is 13.4. The summed E-state index contributed by atoms with van der Waals surface area (Å²) in [7, 11) is 0. The van der Waals surface area contributed by atoms with Crippen LogP contribution in [-0.4, -0.2) is 35.0 Å². The maximum atomic E-state index is 13.4. The van der Waals surface area contributed by atoms with Crippen LogP contribution in [-0.2, 0) is 16.0 Å². The smallest absolute Gasteiger partial charge is 0.308 e. The molecule has 0 aliphatic carbocycles. The quantitative estimate of drug-likeness (QED) is 0.877. The maximum absolute atomic E-state index is 13.4. The van der Waals surface area contributed by atoms with Gasteiger partial charge in [0.25, 0.3) is 0 Å². The summed E-state index contributed by atoms with van der Waals surface area (Å²) in [6.07, 6.45) is 0.456. The number of likely N-dealkylation sites (tertiary alicyclic amines) is 1. The fourth-order valence-corrected chi connectivity index (χ4v) is 2.11. The molecule has 1 N–H and O–H groups in total. The van der Waals surface area contributed by atoms with Gasteiger partial charge in [0.15, 0.2) is 0 Å². The molecule has 0 aromatic heterocycles. The highest BCUT2D eigenvalue weighted by molar-refractivity contribution is 5.86. The summed E-state index contributed by atoms with van der Waals surface area (Å²) in [6, 6.07) is 6.40. The van der Waals surface area contributed by atoms with Crippen LogP contribution >= 0.6 is 0 Å². The summed E-state index contributed by atoms with van der Waals surface area (Å²) >= 11 is 0. The standard InChI is InChI=1S/C13H14FNO3/c14-11-4-2-1-3-9(11)5-6-15-8-10(13(17)18)7-12(15)16/h1-4,10H,5-8H2,(H,17,18). The Morgan fingerprint density at radius 2 is 2.17 bits per heavy atom. The van der Waals surface area contributed by atoms with Crippen molar-refractivity contribution in [3.63, 3.8) is 0 Å². The summed E-state index contributed by atoms with van der Waals surface area (Å²) in [5.41, 5.74) is 0.545. The van der Waals surface area contributed by atoms with E-state index in [1.165, 1.54) is 11.0 Å². The Morgan fingerprint density at radius 3 is 2.78 bits per heavy atom. The third kappa shape index (κ3) is 2.67. The lowest BCUT2D eigenvalue weighted by Gasteiger charge is -2.15. The molecule has 2 rings (SSSR count). The van der Waals surface area contributed by atoms with Crippen molar-refractivity contribution in [2.24, 2.45) is 5.92 Å². The first-order valence-corrected chi connectivity index (χ1v) is 5.82. The maximum Gasteiger partial charge on any atom is 0.308 e. The minimum Gasteiger partial charge on any atom is -0.481 e. The van der Waals surface area contributed by atoms with Crippen molar-refractivity contribution in [2.45, 2.75) is 12.8 Å². The Labute approximate surface area is 104 Å². The predicted molar refractivity (Wildman–Crippen MR) is 62.4 cm³/mol. The van der Waals surface area contributed by atoms with E-state index in [0.29, 0.717) is 18.5 Å². The Morgan fingerprint density at radius 1 is 1.44 bits per heavy atom. The van der Waals surface area contributed by atoms with Crippen molar-refractivity contribution < 1.29 is 19.1 Å². The minimum absolute atomic E-state index is 0.0482. The van der Waals surface area contributed by atoms with Crippen molar-refractivity contribution in [1.82, 2.24) is 4.90 Å². The highest BCUT2D eigenvalue weighted by atomic mass is 19.1. The normalized spacial score (nSPS) is 19.3. The monoisotopic (exact) mass is 251 g/mol. The molecule has 1 atom stereocenters. The van der Waals surface area contributed by atoms with Gasteiger partial charge in [-0.15, -0.1) is 0 Å². The topological polar surface area (TPSA) is 57.6 Å². The van der Waals surface area contributed by atoms with Crippen LogP contribution in [0.4, 0.5) is 4.39 Å².